The van der Waals surface area contributed by atoms with E-state index in [9.17, 15) is 4.79 Å². The van der Waals surface area contributed by atoms with Gasteiger partial charge >= 0.3 is 0 Å². The second-order valence-electron chi connectivity index (χ2n) is 18.8. The Morgan fingerprint density at radius 2 is 0.729 bits per heavy atom. The molecule has 0 saturated heterocycles. The molecule has 5 rings (SSSR count). The third kappa shape index (κ3) is 9.92. The van der Waals surface area contributed by atoms with Gasteiger partial charge in [-0.2, -0.15) is 0 Å². The number of Topliss-reactive ketones (excluding diaryl/α,β-unsaturated/α-hetero) is 1. The Morgan fingerprint density at radius 3 is 1.04 bits per heavy atom. The highest BCUT2D eigenvalue weighted by molar-refractivity contribution is 5.98. The number of alkyl halides is 1. The number of ketones is 1. The second kappa shape index (κ2) is 20.0. The van der Waals surface area contributed by atoms with Crippen LogP contribution in [-0.2, 0) is 4.79 Å². The summed E-state index contributed by atoms with van der Waals surface area (Å²) in [6.07, 6.45) is 44.2. The summed E-state index contributed by atoms with van der Waals surface area (Å²) in [5, 5.41) is 0. The van der Waals surface area contributed by atoms with Crippen molar-refractivity contribution in [3.8, 4) is 0 Å². The summed E-state index contributed by atoms with van der Waals surface area (Å²) < 4.78 is 16.4. The lowest BCUT2D eigenvalue weighted by Gasteiger charge is -2.62. The SMILES string of the molecule is CCCCCCCCCC[C@H]1CC[C@H](C2CCC3(CC2)C(=O)C2(CCC([C@H]4CC[C@H](CCCCCCCCCC)CC4)CC2)C3F)CC1. The Bertz CT molecular complexity index is 808. The van der Waals surface area contributed by atoms with Crippen molar-refractivity contribution in [2.45, 2.75) is 238 Å². The molecule has 5 aliphatic rings. The van der Waals surface area contributed by atoms with Gasteiger partial charge in [-0.3, -0.25) is 4.79 Å². The van der Waals surface area contributed by atoms with Gasteiger partial charge in [0, 0.05) is 0 Å². The van der Waals surface area contributed by atoms with Crippen molar-refractivity contribution in [3.05, 3.63) is 0 Å². The normalized spacial score (nSPS) is 37.2. The molecule has 0 N–H and O–H groups in total. The van der Waals surface area contributed by atoms with Gasteiger partial charge in [-0.15, -0.1) is 0 Å². The van der Waals surface area contributed by atoms with Crippen LogP contribution in [0.2, 0.25) is 0 Å². The summed E-state index contributed by atoms with van der Waals surface area (Å²) >= 11 is 0. The van der Waals surface area contributed by atoms with Gasteiger partial charge in [0.2, 0.25) is 0 Å². The lowest BCUT2D eigenvalue weighted by molar-refractivity contribution is -0.194. The molecule has 0 amide bonds. The maximum absolute atomic E-state index is 16.4. The van der Waals surface area contributed by atoms with Crippen LogP contribution in [0.5, 0.6) is 0 Å². The summed E-state index contributed by atoms with van der Waals surface area (Å²) in [4.78, 5) is 14.0. The summed E-state index contributed by atoms with van der Waals surface area (Å²) in [6, 6.07) is 0. The molecule has 2 heteroatoms. The van der Waals surface area contributed by atoms with Crippen LogP contribution in [0.15, 0.2) is 0 Å². The van der Waals surface area contributed by atoms with Gasteiger partial charge in [0.1, 0.15) is 6.17 Å². The number of rotatable bonds is 20. The molecule has 278 valence electrons. The van der Waals surface area contributed by atoms with Crippen molar-refractivity contribution in [2.24, 2.45) is 46.3 Å². The number of unbranched alkanes of at least 4 members (excludes halogenated alkanes) is 14. The lowest BCUT2D eigenvalue weighted by atomic mass is 9.41. The number of hydrogen-bond acceptors (Lipinski definition) is 1. The average Bonchev–Trinajstić information content (AvgIpc) is 3.14. The molecule has 5 saturated carbocycles. The minimum Gasteiger partial charge on any atom is -0.298 e. The molecule has 0 aromatic carbocycles. The van der Waals surface area contributed by atoms with Crippen molar-refractivity contribution < 1.29 is 9.18 Å². The molecule has 0 unspecified atom stereocenters. The Hall–Kier alpha value is -0.400. The van der Waals surface area contributed by atoms with E-state index >= 15 is 4.39 Å². The molecular weight excluding hydrogens is 588 g/mol. The minimum absolute atomic E-state index is 0.391. The van der Waals surface area contributed by atoms with Crippen LogP contribution in [0.3, 0.4) is 0 Å². The highest BCUT2D eigenvalue weighted by Gasteiger charge is 2.71. The summed E-state index contributed by atoms with van der Waals surface area (Å²) in [6.45, 7) is 4.60. The molecule has 0 bridgehead atoms. The van der Waals surface area contributed by atoms with Crippen LogP contribution in [0.1, 0.15) is 232 Å². The Labute approximate surface area is 298 Å². The zero-order valence-corrected chi connectivity index (χ0v) is 32.4. The molecule has 48 heavy (non-hydrogen) atoms. The zero-order valence-electron chi connectivity index (χ0n) is 32.4. The number of hydrogen-bond donors (Lipinski definition) is 0. The van der Waals surface area contributed by atoms with Crippen molar-refractivity contribution >= 4 is 5.78 Å². The predicted octanol–water partition coefficient (Wildman–Crippen LogP) is 14.9. The smallest absolute Gasteiger partial charge is 0.151 e. The number of carbonyl (C=O) groups excluding carboxylic acids is 1. The Kier molecular flexibility index (Phi) is 16.2. The van der Waals surface area contributed by atoms with Crippen molar-refractivity contribution in [1.29, 1.82) is 0 Å². The molecule has 0 aromatic rings. The first-order chi connectivity index (χ1) is 23.5. The van der Waals surface area contributed by atoms with E-state index in [1.54, 1.807) is 0 Å². The van der Waals surface area contributed by atoms with E-state index in [-0.39, 0.29) is 0 Å². The molecule has 1 nitrogen and oxygen atoms in total. The third-order valence-electron chi connectivity index (χ3n) is 15.8. The van der Waals surface area contributed by atoms with Gasteiger partial charge in [0.05, 0.1) is 10.8 Å². The summed E-state index contributed by atoms with van der Waals surface area (Å²) in [5.41, 5.74) is -1.16. The molecule has 0 aromatic heterocycles. The van der Waals surface area contributed by atoms with Gasteiger partial charge in [0.15, 0.2) is 5.78 Å². The van der Waals surface area contributed by atoms with E-state index in [0.717, 1.165) is 86.9 Å². The van der Waals surface area contributed by atoms with Gasteiger partial charge in [-0.05, 0) is 113 Å². The molecular formula is C46H81FO. The first-order valence-electron chi connectivity index (χ1n) is 22.7. The average molecular weight is 669 g/mol. The third-order valence-corrected chi connectivity index (χ3v) is 15.8. The molecule has 0 aliphatic heterocycles. The fourth-order valence-corrected chi connectivity index (χ4v) is 12.4. The van der Waals surface area contributed by atoms with Crippen molar-refractivity contribution in [2.75, 3.05) is 0 Å². The Morgan fingerprint density at radius 1 is 0.438 bits per heavy atom. The van der Waals surface area contributed by atoms with E-state index in [1.165, 1.54) is 167 Å². The van der Waals surface area contributed by atoms with Gasteiger partial charge in [-0.1, -0.05) is 155 Å². The van der Waals surface area contributed by atoms with Crippen LogP contribution in [-0.4, -0.2) is 12.0 Å². The maximum Gasteiger partial charge on any atom is 0.151 e. The van der Waals surface area contributed by atoms with Crippen LogP contribution < -0.4 is 0 Å². The highest BCUT2D eigenvalue weighted by atomic mass is 19.1. The predicted molar refractivity (Wildman–Crippen MR) is 204 cm³/mol. The van der Waals surface area contributed by atoms with Crippen LogP contribution in [0.25, 0.3) is 0 Å². The quantitative estimate of drug-likeness (QED) is 0.118. The first kappa shape index (κ1) is 38.8. The van der Waals surface area contributed by atoms with E-state index in [2.05, 4.69) is 13.8 Å². The molecule has 2 spiro atoms. The molecule has 0 radical (unpaired) electrons. The Balaban J connectivity index is 0.929. The fourth-order valence-electron chi connectivity index (χ4n) is 12.4. The molecule has 0 atom stereocenters. The van der Waals surface area contributed by atoms with E-state index in [0.29, 0.717) is 5.78 Å². The first-order valence-corrected chi connectivity index (χ1v) is 22.7. The van der Waals surface area contributed by atoms with Crippen molar-refractivity contribution in [1.82, 2.24) is 0 Å². The van der Waals surface area contributed by atoms with E-state index < -0.39 is 17.0 Å². The maximum atomic E-state index is 16.4. The van der Waals surface area contributed by atoms with Crippen LogP contribution in [0, 0.1) is 46.3 Å². The number of carbonyl (C=O) groups is 1. The van der Waals surface area contributed by atoms with Crippen LogP contribution >= 0.6 is 0 Å². The van der Waals surface area contributed by atoms with Gasteiger partial charge < -0.3 is 0 Å². The highest BCUT2D eigenvalue weighted by Crippen LogP contribution is 2.66. The number of halogens is 1. The molecule has 5 fully saturated rings. The monoisotopic (exact) mass is 669 g/mol. The van der Waals surface area contributed by atoms with Crippen LogP contribution in [0.4, 0.5) is 4.39 Å². The van der Waals surface area contributed by atoms with E-state index in [1.807, 2.05) is 0 Å². The van der Waals surface area contributed by atoms with E-state index in [4.69, 9.17) is 0 Å². The largest absolute Gasteiger partial charge is 0.298 e. The van der Waals surface area contributed by atoms with Crippen molar-refractivity contribution in [3.63, 3.8) is 0 Å². The lowest BCUT2D eigenvalue weighted by Crippen LogP contribution is -2.69. The van der Waals surface area contributed by atoms with Gasteiger partial charge in [0.25, 0.3) is 0 Å². The summed E-state index contributed by atoms with van der Waals surface area (Å²) in [5.74, 6) is 5.54. The fraction of sp³-hybridized carbons (Fsp3) is 0.978. The zero-order chi connectivity index (χ0) is 33.7. The van der Waals surface area contributed by atoms with Gasteiger partial charge in [-0.25, -0.2) is 4.39 Å². The second-order valence-corrected chi connectivity index (χ2v) is 18.8. The topological polar surface area (TPSA) is 17.1 Å². The minimum atomic E-state index is -0.843. The molecule has 0 heterocycles. The molecule has 5 aliphatic carbocycles. The standard InChI is InChI=1S/C46H81FO/c1-3-5-7-9-11-13-15-17-19-37-21-25-39(26-22-37)41-29-33-45(34-30-41)43(47)46(44(45)48)35-31-42(32-36-46)40-27-23-38(24-28-40)20-18-16-14-12-10-8-6-4-2/h37-43H,3-36H2,1-2H3/t37-,38-,39-,40-,41?,42?,43?,45?,46?. The summed E-state index contributed by atoms with van der Waals surface area (Å²) in [7, 11) is 0.